The molecule has 6 heteroatoms. The van der Waals surface area contributed by atoms with E-state index in [0.717, 1.165) is 6.08 Å². The van der Waals surface area contributed by atoms with Crippen LogP contribution in [0.3, 0.4) is 0 Å². The van der Waals surface area contributed by atoms with E-state index < -0.39 is 17.3 Å². The standard InChI is InChI=1S/C7H12O5S/c1-2-7(8)11-5-3-4-6-12-13(9)10/h2H,1,3-6H2,(H,9,10)/p-1. The Morgan fingerprint density at radius 3 is 2.62 bits per heavy atom. The monoisotopic (exact) mass is 207 g/mol. The summed E-state index contributed by atoms with van der Waals surface area (Å²) in [5.74, 6) is -0.478. The highest BCUT2D eigenvalue weighted by molar-refractivity contribution is 7.74. The second kappa shape index (κ2) is 7.90. The first-order valence-corrected chi connectivity index (χ1v) is 4.68. The summed E-state index contributed by atoms with van der Waals surface area (Å²) in [6, 6.07) is 0. The topological polar surface area (TPSA) is 75.7 Å². The summed E-state index contributed by atoms with van der Waals surface area (Å²) in [6.07, 6.45) is 2.17. The van der Waals surface area contributed by atoms with Crippen molar-refractivity contribution in [2.24, 2.45) is 0 Å². The third kappa shape index (κ3) is 9.19. The van der Waals surface area contributed by atoms with Crippen LogP contribution in [0.1, 0.15) is 12.8 Å². The van der Waals surface area contributed by atoms with Gasteiger partial charge in [0.15, 0.2) is 0 Å². The molecule has 5 nitrogen and oxygen atoms in total. The highest BCUT2D eigenvalue weighted by Crippen LogP contribution is 1.93. The van der Waals surface area contributed by atoms with Gasteiger partial charge in [-0.15, -0.1) is 0 Å². The molecule has 0 rings (SSSR count). The van der Waals surface area contributed by atoms with E-state index in [1.807, 2.05) is 0 Å². The fraction of sp³-hybridized carbons (Fsp3) is 0.571. The van der Waals surface area contributed by atoms with E-state index >= 15 is 0 Å². The average Bonchev–Trinajstić information content (AvgIpc) is 2.10. The number of unbranched alkanes of at least 4 members (excludes halogenated alkanes) is 1. The zero-order valence-corrected chi connectivity index (χ0v) is 7.88. The Labute approximate surface area is 79.2 Å². The Balaban J connectivity index is 3.12. The van der Waals surface area contributed by atoms with E-state index in [0.29, 0.717) is 12.8 Å². The fourth-order valence-electron chi connectivity index (χ4n) is 0.563. The van der Waals surface area contributed by atoms with Crippen LogP contribution in [0.25, 0.3) is 0 Å². The summed E-state index contributed by atoms with van der Waals surface area (Å²) in [5.41, 5.74) is 0. The molecule has 1 atom stereocenters. The van der Waals surface area contributed by atoms with Gasteiger partial charge in [-0.1, -0.05) is 6.58 Å². The van der Waals surface area contributed by atoms with Crippen molar-refractivity contribution in [3.63, 3.8) is 0 Å². The Morgan fingerprint density at radius 2 is 2.08 bits per heavy atom. The van der Waals surface area contributed by atoms with Crippen LogP contribution in [0.4, 0.5) is 0 Å². The van der Waals surface area contributed by atoms with E-state index in [1.54, 1.807) is 0 Å². The van der Waals surface area contributed by atoms with Gasteiger partial charge in [0.05, 0.1) is 24.6 Å². The van der Waals surface area contributed by atoms with Crippen molar-refractivity contribution >= 4 is 17.3 Å². The van der Waals surface area contributed by atoms with Crippen molar-refractivity contribution in [3.05, 3.63) is 12.7 Å². The molecule has 13 heavy (non-hydrogen) atoms. The number of hydrogen-bond acceptors (Lipinski definition) is 5. The molecule has 0 aliphatic carbocycles. The minimum Gasteiger partial charge on any atom is -0.750 e. The molecule has 1 unspecified atom stereocenters. The molecule has 0 radical (unpaired) electrons. The van der Waals surface area contributed by atoms with E-state index in [4.69, 9.17) is 0 Å². The van der Waals surface area contributed by atoms with Crippen LogP contribution in [0.5, 0.6) is 0 Å². The van der Waals surface area contributed by atoms with Crippen molar-refractivity contribution in [1.29, 1.82) is 0 Å². The summed E-state index contributed by atoms with van der Waals surface area (Å²) in [6.45, 7) is 3.58. The van der Waals surface area contributed by atoms with Gasteiger partial charge in [0.25, 0.3) is 0 Å². The van der Waals surface area contributed by atoms with E-state index in [9.17, 15) is 13.6 Å². The molecule has 76 valence electrons. The zero-order valence-electron chi connectivity index (χ0n) is 7.06. The molecule has 0 saturated heterocycles. The summed E-state index contributed by atoms with van der Waals surface area (Å²) in [4.78, 5) is 10.5. The Hall–Kier alpha value is -0.720. The molecule has 0 aliphatic heterocycles. The lowest BCUT2D eigenvalue weighted by atomic mass is 10.3. The first-order chi connectivity index (χ1) is 6.16. The van der Waals surface area contributed by atoms with Gasteiger partial charge in [-0.2, -0.15) is 0 Å². The number of rotatable bonds is 7. The van der Waals surface area contributed by atoms with Crippen molar-refractivity contribution < 1.29 is 22.5 Å². The second-order valence-electron chi connectivity index (χ2n) is 2.10. The highest BCUT2D eigenvalue weighted by atomic mass is 32.2. The van der Waals surface area contributed by atoms with Crippen LogP contribution in [0.15, 0.2) is 12.7 Å². The van der Waals surface area contributed by atoms with Gasteiger partial charge in [-0.05, 0) is 12.8 Å². The minimum absolute atomic E-state index is 0.113. The maximum Gasteiger partial charge on any atom is 0.330 e. The molecule has 0 aromatic carbocycles. The van der Waals surface area contributed by atoms with Gasteiger partial charge >= 0.3 is 5.97 Å². The van der Waals surface area contributed by atoms with Crippen LogP contribution in [0, 0.1) is 0 Å². The molecule has 0 aliphatic rings. The van der Waals surface area contributed by atoms with E-state index in [-0.39, 0.29) is 13.2 Å². The Morgan fingerprint density at radius 1 is 1.46 bits per heavy atom. The van der Waals surface area contributed by atoms with E-state index in [2.05, 4.69) is 15.5 Å². The first-order valence-electron chi connectivity index (χ1n) is 3.68. The molecule has 0 aromatic heterocycles. The molecular formula is C7H11O5S-. The molecule has 0 saturated carbocycles. The SMILES string of the molecule is C=CC(=O)OCCCCOS(=O)[O-]. The lowest BCUT2D eigenvalue weighted by Gasteiger charge is -2.05. The van der Waals surface area contributed by atoms with Crippen LogP contribution in [-0.2, 0) is 25.1 Å². The molecule has 0 N–H and O–H groups in total. The van der Waals surface area contributed by atoms with Crippen molar-refractivity contribution in [3.8, 4) is 0 Å². The highest BCUT2D eigenvalue weighted by Gasteiger charge is 1.94. The number of carbonyl (C=O) groups excluding carboxylic acids is 1. The van der Waals surface area contributed by atoms with Gasteiger partial charge < -0.3 is 13.5 Å². The van der Waals surface area contributed by atoms with Gasteiger partial charge in [0.1, 0.15) is 0 Å². The van der Waals surface area contributed by atoms with Crippen molar-refractivity contribution in [2.45, 2.75) is 12.8 Å². The van der Waals surface area contributed by atoms with Gasteiger partial charge in [-0.25, -0.2) is 9.00 Å². The molecular weight excluding hydrogens is 196 g/mol. The fourth-order valence-corrected chi connectivity index (χ4v) is 0.817. The smallest absolute Gasteiger partial charge is 0.330 e. The maximum absolute atomic E-state index is 10.5. The van der Waals surface area contributed by atoms with Crippen LogP contribution in [-0.4, -0.2) is 27.9 Å². The summed E-state index contributed by atoms with van der Waals surface area (Å²) in [5, 5.41) is 0. The summed E-state index contributed by atoms with van der Waals surface area (Å²) in [7, 11) is 0. The van der Waals surface area contributed by atoms with Gasteiger partial charge in [-0.3, -0.25) is 0 Å². The predicted molar refractivity (Wildman–Crippen MR) is 45.3 cm³/mol. The molecule has 0 fully saturated rings. The normalized spacial score (nSPS) is 12.1. The average molecular weight is 207 g/mol. The van der Waals surface area contributed by atoms with Crippen LogP contribution in [0.2, 0.25) is 0 Å². The maximum atomic E-state index is 10.5. The lowest BCUT2D eigenvalue weighted by molar-refractivity contribution is -0.137. The second-order valence-corrected chi connectivity index (χ2v) is 2.75. The largest absolute Gasteiger partial charge is 0.750 e. The third-order valence-electron chi connectivity index (χ3n) is 1.13. The molecule has 0 spiro atoms. The number of esters is 1. The van der Waals surface area contributed by atoms with E-state index in [1.165, 1.54) is 0 Å². The Bertz CT molecular complexity index is 191. The number of carbonyl (C=O) groups is 1. The van der Waals surface area contributed by atoms with Gasteiger partial charge in [0.2, 0.25) is 0 Å². The minimum atomic E-state index is -2.46. The summed E-state index contributed by atoms with van der Waals surface area (Å²) >= 11 is -2.46. The van der Waals surface area contributed by atoms with Crippen LogP contribution < -0.4 is 0 Å². The quantitative estimate of drug-likeness (QED) is 0.260. The number of hydrogen-bond donors (Lipinski definition) is 0. The predicted octanol–water partition coefficient (Wildman–Crippen LogP) is 0.306. The first kappa shape index (κ1) is 12.3. The molecule has 0 bridgehead atoms. The van der Waals surface area contributed by atoms with Crippen molar-refractivity contribution in [1.82, 2.24) is 0 Å². The molecule has 0 amide bonds. The summed E-state index contributed by atoms with van der Waals surface area (Å²) < 4.78 is 28.6. The number of ether oxygens (including phenoxy) is 1. The Kier molecular flexibility index (Phi) is 7.47. The third-order valence-corrected chi connectivity index (χ3v) is 1.49. The molecule has 0 heterocycles. The van der Waals surface area contributed by atoms with Gasteiger partial charge in [0, 0.05) is 6.08 Å². The zero-order chi connectivity index (χ0) is 10.1. The molecule has 0 aromatic rings. The van der Waals surface area contributed by atoms with Crippen molar-refractivity contribution in [2.75, 3.05) is 13.2 Å². The lowest BCUT2D eigenvalue weighted by Crippen LogP contribution is -2.04. The van der Waals surface area contributed by atoms with Crippen LogP contribution >= 0.6 is 0 Å².